The maximum atomic E-state index is 13.1. The summed E-state index contributed by atoms with van der Waals surface area (Å²) in [5.74, 6) is 0.541. The first-order valence-corrected chi connectivity index (χ1v) is 13.4. The van der Waals surface area contributed by atoms with Crippen molar-refractivity contribution in [1.29, 1.82) is 0 Å². The van der Waals surface area contributed by atoms with Gasteiger partial charge in [0.1, 0.15) is 5.75 Å². The molecule has 32 heavy (non-hydrogen) atoms. The molecule has 0 unspecified atom stereocenters. The van der Waals surface area contributed by atoms with Gasteiger partial charge in [0.2, 0.25) is 5.91 Å². The highest BCUT2D eigenvalue weighted by Gasteiger charge is 2.59. The lowest BCUT2D eigenvalue weighted by molar-refractivity contribution is -0.131. The number of rotatable bonds is 5. The van der Waals surface area contributed by atoms with Crippen molar-refractivity contribution in [1.82, 2.24) is 5.32 Å². The van der Waals surface area contributed by atoms with E-state index in [1.165, 1.54) is 0 Å². The molecule has 172 valence electrons. The molecular weight excluding hydrogens is 469 g/mol. The summed E-state index contributed by atoms with van der Waals surface area (Å²) in [4.78, 5) is 13.1. The van der Waals surface area contributed by atoms with Crippen LogP contribution < -0.4 is 9.50 Å². The second-order valence-corrected chi connectivity index (χ2v) is 11.4. The van der Waals surface area contributed by atoms with E-state index in [-0.39, 0.29) is 35.5 Å². The summed E-state index contributed by atoms with van der Waals surface area (Å²) in [5.41, 5.74) is 1.65. The first-order valence-electron chi connectivity index (χ1n) is 10.8. The summed E-state index contributed by atoms with van der Waals surface area (Å²) in [6.07, 6.45) is 3.35. The summed E-state index contributed by atoms with van der Waals surface area (Å²) in [7, 11) is -3.64. The van der Waals surface area contributed by atoms with Crippen molar-refractivity contribution in [2.75, 3.05) is 6.26 Å². The lowest BCUT2D eigenvalue weighted by atomic mass is 9.54. The van der Waals surface area contributed by atoms with Crippen LogP contribution in [0.4, 0.5) is 0 Å². The van der Waals surface area contributed by atoms with E-state index in [0.717, 1.165) is 36.6 Å². The summed E-state index contributed by atoms with van der Waals surface area (Å²) in [5, 5.41) is 4.32. The van der Waals surface area contributed by atoms with E-state index < -0.39 is 15.5 Å². The van der Waals surface area contributed by atoms with Crippen molar-refractivity contribution in [3.8, 4) is 5.75 Å². The predicted molar refractivity (Wildman–Crippen MR) is 127 cm³/mol. The van der Waals surface area contributed by atoms with Crippen molar-refractivity contribution in [3.05, 3.63) is 63.6 Å². The van der Waals surface area contributed by atoms with E-state index >= 15 is 0 Å². The summed E-state index contributed by atoms with van der Waals surface area (Å²) in [6, 6.07) is 12.9. The molecule has 1 aliphatic heterocycles. The SMILES string of the molecule is CC[C@@]12CC[C@@H](c3ccc(OS(C)(=O)=O)cc3Cl)[C@H](c3ccc(Cl)cc3)[C@@H]1[C@@H](C)NC2=O. The van der Waals surface area contributed by atoms with Crippen LogP contribution in [0.2, 0.25) is 10.0 Å². The van der Waals surface area contributed by atoms with Crippen molar-refractivity contribution < 1.29 is 17.4 Å². The maximum absolute atomic E-state index is 13.1. The van der Waals surface area contributed by atoms with Crippen LogP contribution in [0.25, 0.3) is 0 Å². The zero-order valence-corrected chi connectivity index (χ0v) is 20.6. The quantitative estimate of drug-likeness (QED) is 0.553. The highest BCUT2D eigenvalue weighted by molar-refractivity contribution is 7.86. The van der Waals surface area contributed by atoms with Gasteiger partial charge in [-0.2, -0.15) is 8.42 Å². The van der Waals surface area contributed by atoms with Gasteiger partial charge in [0.15, 0.2) is 0 Å². The zero-order valence-electron chi connectivity index (χ0n) is 18.3. The van der Waals surface area contributed by atoms with Crippen LogP contribution in [0.3, 0.4) is 0 Å². The summed E-state index contributed by atoms with van der Waals surface area (Å²) in [6.45, 7) is 4.17. The molecule has 1 N–H and O–H groups in total. The average molecular weight is 496 g/mol. The third-order valence-electron chi connectivity index (χ3n) is 7.21. The lowest BCUT2D eigenvalue weighted by Gasteiger charge is -2.47. The lowest BCUT2D eigenvalue weighted by Crippen LogP contribution is -2.43. The average Bonchev–Trinajstić information content (AvgIpc) is 2.97. The topological polar surface area (TPSA) is 72.5 Å². The number of carbonyl (C=O) groups is 1. The fraction of sp³-hybridized carbons (Fsp3) is 0.458. The van der Waals surface area contributed by atoms with Gasteiger partial charge in [-0.1, -0.05) is 48.3 Å². The Morgan fingerprint density at radius 2 is 1.84 bits per heavy atom. The maximum Gasteiger partial charge on any atom is 0.306 e. The Balaban J connectivity index is 1.81. The van der Waals surface area contributed by atoms with Crippen LogP contribution in [0.1, 0.15) is 56.1 Å². The number of hydrogen-bond acceptors (Lipinski definition) is 4. The van der Waals surface area contributed by atoms with Gasteiger partial charge in [-0.25, -0.2) is 0 Å². The van der Waals surface area contributed by atoms with Gasteiger partial charge >= 0.3 is 10.1 Å². The molecule has 5 nitrogen and oxygen atoms in total. The molecule has 1 amide bonds. The zero-order chi connectivity index (χ0) is 23.3. The largest absolute Gasteiger partial charge is 0.383 e. The fourth-order valence-electron chi connectivity index (χ4n) is 5.93. The number of fused-ring (bicyclic) bond motifs is 1. The normalized spacial score (nSPS) is 30.0. The second-order valence-electron chi connectivity index (χ2n) is 8.99. The molecule has 0 bridgehead atoms. The molecule has 2 aliphatic rings. The fourth-order valence-corrected chi connectivity index (χ4v) is 6.82. The van der Waals surface area contributed by atoms with E-state index in [1.807, 2.05) is 30.3 Å². The number of nitrogens with one attached hydrogen (secondary N) is 1. The molecular formula is C24H27Cl2NO4S. The minimum absolute atomic E-state index is 0.0255. The van der Waals surface area contributed by atoms with E-state index in [9.17, 15) is 13.2 Å². The highest BCUT2D eigenvalue weighted by Crippen LogP contribution is 2.60. The monoisotopic (exact) mass is 495 g/mol. The molecule has 1 saturated carbocycles. The van der Waals surface area contributed by atoms with E-state index in [4.69, 9.17) is 27.4 Å². The Bertz CT molecular complexity index is 1140. The number of benzene rings is 2. The standard InChI is InChI=1S/C24H27Cl2NO4S/c1-4-24-12-11-19(18-10-9-17(13-20(18)26)31-32(3,29)30)21(15-5-7-16(25)8-6-15)22(24)14(2)27-23(24)28/h5-10,13-14,19,21-22H,4,11-12H2,1-3H3,(H,27,28)/t14-,19+,21+,22+,24-/m1/s1. The van der Waals surface area contributed by atoms with Crippen molar-refractivity contribution in [3.63, 3.8) is 0 Å². The van der Waals surface area contributed by atoms with Crippen LogP contribution in [0.5, 0.6) is 5.75 Å². The molecule has 2 aromatic carbocycles. The van der Waals surface area contributed by atoms with Gasteiger partial charge < -0.3 is 9.50 Å². The van der Waals surface area contributed by atoms with E-state index in [0.29, 0.717) is 10.0 Å². The van der Waals surface area contributed by atoms with Gasteiger partial charge in [0, 0.05) is 28.1 Å². The van der Waals surface area contributed by atoms with Gasteiger partial charge in [-0.3, -0.25) is 4.79 Å². The Morgan fingerprint density at radius 1 is 1.16 bits per heavy atom. The second kappa shape index (κ2) is 8.54. The first kappa shape index (κ1) is 23.4. The minimum atomic E-state index is -3.64. The Morgan fingerprint density at radius 3 is 2.44 bits per heavy atom. The molecule has 1 aliphatic carbocycles. The van der Waals surface area contributed by atoms with Gasteiger partial charge in [0.05, 0.1) is 11.7 Å². The highest BCUT2D eigenvalue weighted by atomic mass is 35.5. The summed E-state index contributed by atoms with van der Waals surface area (Å²) >= 11 is 12.8. The van der Waals surface area contributed by atoms with Crippen molar-refractivity contribution in [2.45, 2.75) is 51.0 Å². The van der Waals surface area contributed by atoms with Crippen molar-refractivity contribution >= 4 is 39.2 Å². The van der Waals surface area contributed by atoms with Gasteiger partial charge in [-0.15, -0.1) is 0 Å². The molecule has 2 aromatic rings. The van der Waals surface area contributed by atoms with Crippen molar-refractivity contribution in [2.24, 2.45) is 11.3 Å². The number of hydrogen-bond donors (Lipinski definition) is 1. The molecule has 0 aromatic heterocycles. The predicted octanol–water partition coefficient (Wildman–Crippen LogP) is 5.52. The summed E-state index contributed by atoms with van der Waals surface area (Å²) < 4.78 is 28.0. The molecule has 4 rings (SSSR count). The van der Waals surface area contributed by atoms with Gasteiger partial charge in [-0.05, 0) is 67.3 Å². The third-order valence-corrected chi connectivity index (χ3v) is 8.29. The molecule has 2 fully saturated rings. The van der Waals surface area contributed by atoms with Crippen LogP contribution >= 0.6 is 23.2 Å². The van der Waals surface area contributed by atoms with Crippen LogP contribution in [-0.4, -0.2) is 26.6 Å². The number of halogens is 2. The number of carbonyl (C=O) groups excluding carboxylic acids is 1. The van der Waals surface area contributed by atoms with E-state index in [2.05, 4.69) is 19.2 Å². The molecule has 1 heterocycles. The van der Waals surface area contributed by atoms with E-state index in [1.54, 1.807) is 12.1 Å². The first-order chi connectivity index (χ1) is 15.1. The smallest absolute Gasteiger partial charge is 0.306 e. The third kappa shape index (κ3) is 4.13. The molecule has 0 spiro atoms. The Labute approximate surface area is 199 Å². The van der Waals surface area contributed by atoms with Crippen LogP contribution in [0.15, 0.2) is 42.5 Å². The minimum Gasteiger partial charge on any atom is -0.383 e. The molecule has 8 heteroatoms. The van der Waals surface area contributed by atoms with Crippen LogP contribution in [-0.2, 0) is 14.9 Å². The molecule has 1 saturated heterocycles. The Hall–Kier alpha value is -1.76. The number of amides is 1. The van der Waals surface area contributed by atoms with Crippen LogP contribution in [0, 0.1) is 11.3 Å². The molecule has 5 atom stereocenters. The molecule has 0 radical (unpaired) electrons. The van der Waals surface area contributed by atoms with Gasteiger partial charge in [0.25, 0.3) is 0 Å². The Kier molecular flexibility index (Phi) is 6.25.